The summed E-state index contributed by atoms with van der Waals surface area (Å²) in [4.78, 5) is 20.1. The quantitative estimate of drug-likeness (QED) is 0.510. The molecule has 0 radical (unpaired) electrons. The topological polar surface area (TPSA) is 82.6 Å². The van der Waals surface area contributed by atoms with Gasteiger partial charge in [0.2, 0.25) is 15.9 Å². The maximum Gasteiger partial charge on any atom is 0.243 e. The second-order valence-corrected chi connectivity index (χ2v) is 11.3. The summed E-state index contributed by atoms with van der Waals surface area (Å²) in [6.07, 6.45) is 1.99. The van der Waals surface area contributed by atoms with E-state index in [-0.39, 0.29) is 23.4 Å². The molecule has 7 nitrogen and oxygen atoms in total. The lowest BCUT2D eigenvalue weighted by molar-refractivity contribution is -0.117. The summed E-state index contributed by atoms with van der Waals surface area (Å²) >= 11 is 1.69. The van der Waals surface area contributed by atoms with Gasteiger partial charge in [-0.1, -0.05) is 32.0 Å². The van der Waals surface area contributed by atoms with Crippen LogP contribution in [0.1, 0.15) is 43.3 Å². The molecule has 1 fully saturated rings. The number of aryl methyl sites for hydroxylation is 1. The fourth-order valence-electron chi connectivity index (χ4n) is 4.31. The van der Waals surface area contributed by atoms with Crippen LogP contribution in [-0.2, 0) is 14.8 Å². The van der Waals surface area contributed by atoms with Gasteiger partial charge in [0.05, 0.1) is 27.7 Å². The molecule has 9 heteroatoms. The number of thiazole rings is 1. The lowest BCUT2D eigenvalue weighted by Crippen LogP contribution is -2.33. The van der Waals surface area contributed by atoms with Gasteiger partial charge in [-0.3, -0.25) is 9.69 Å². The number of aromatic nitrogens is 1. The van der Waals surface area contributed by atoms with Crippen molar-refractivity contribution in [1.29, 1.82) is 0 Å². The minimum Gasteiger partial charge on any atom is -0.325 e. The summed E-state index contributed by atoms with van der Waals surface area (Å²) in [5.41, 5.74) is 2.35. The summed E-state index contributed by atoms with van der Waals surface area (Å²) in [5.74, 6) is -0.150. The number of fused-ring (bicyclic) bond motifs is 1. The molecule has 0 saturated carbocycles. The Bertz CT molecular complexity index is 1220. The third-order valence-electron chi connectivity index (χ3n) is 6.13. The van der Waals surface area contributed by atoms with Crippen LogP contribution in [-0.4, -0.2) is 54.7 Å². The first kappa shape index (κ1) is 23.8. The Hall–Kier alpha value is -2.33. The number of benzene rings is 2. The number of para-hydroxylation sites is 1. The first-order valence-corrected chi connectivity index (χ1v) is 13.6. The van der Waals surface area contributed by atoms with Crippen LogP contribution in [0.25, 0.3) is 10.2 Å². The highest BCUT2D eigenvalue weighted by Crippen LogP contribution is 2.36. The molecule has 3 aromatic rings. The molecule has 0 aliphatic carbocycles. The summed E-state index contributed by atoms with van der Waals surface area (Å²) in [7, 11) is -3.59. The normalized spacial score (nSPS) is 17.2. The second kappa shape index (κ2) is 9.89. The largest absolute Gasteiger partial charge is 0.325 e. The number of amides is 1. The van der Waals surface area contributed by atoms with Crippen LogP contribution in [0.2, 0.25) is 0 Å². The summed E-state index contributed by atoms with van der Waals surface area (Å²) in [6.45, 7) is 7.37. The monoisotopic (exact) mass is 486 g/mol. The SMILES string of the molecule is CCN(CC)S(=O)(=O)c1ccc(C)c(NC(=O)CN2CCC[C@@H]2c2nc3ccccc3s2)c1. The molecule has 1 amide bonds. The summed E-state index contributed by atoms with van der Waals surface area (Å²) in [5, 5.41) is 3.99. The molecule has 2 heterocycles. The Balaban J connectivity index is 1.49. The number of nitrogens with one attached hydrogen (secondary N) is 1. The molecule has 1 aliphatic heterocycles. The molecule has 0 unspecified atom stereocenters. The maximum absolute atomic E-state index is 12.9. The Morgan fingerprint density at radius 3 is 2.70 bits per heavy atom. The second-order valence-electron chi connectivity index (χ2n) is 8.26. The van der Waals surface area contributed by atoms with Crippen molar-refractivity contribution >= 4 is 43.2 Å². The molecule has 0 bridgehead atoms. The Labute approximate surface area is 199 Å². The highest BCUT2D eigenvalue weighted by molar-refractivity contribution is 7.89. The van der Waals surface area contributed by atoms with Gasteiger partial charge in [0.1, 0.15) is 5.01 Å². The lowest BCUT2D eigenvalue weighted by Gasteiger charge is -2.23. The highest BCUT2D eigenvalue weighted by atomic mass is 32.2. The van der Waals surface area contributed by atoms with Crippen molar-refractivity contribution in [3.63, 3.8) is 0 Å². The predicted molar refractivity (Wildman–Crippen MR) is 133 cm³/mol. The zero-order chi connectivity index (χ0) is 23.6. The molecule has 1 aliphatic rings. The molecule has 1 aromatic heterocycles. The number of likely N-dealkylation sites (tertiary alicyclic amines) is 1. The minimum absolute atomic E-state index is 0.128. The lowest BCUT2D eigenvalue weighted by atomic mass is 10.2. The average Bonchev–Trinajstić information content (AvgIpc) is 3.42. The van der Waals surface area contributed by atoms with Crippen LogP contribution in [0.3, 0.4) is 0 Å². The van der Waals surface area contributed by atoms with Gasteiger partial charge < -0.3 is 5.32 Å². The first-order valence-electron chi connectivity index (χ1n) is 11.3. The van der Waals surface area contributed by atoms with Gasteiger partial charge in [0.15, 0.2) is 0 Å². The Morgan fingerprint density at radius 2 is 1.97 bits per heavy atom. The van der Waals surface area contributed by atoms with Gasteiger partial charge in [-0.2, -0.15) is 4.31 Å². The highest BCUT2D eigenvalue weighted by Gasteiger charge is 2.30. The van der Waals surface area contributed by atoms with Crippen LogP contribution in [0.15, 0.2) is 47.4 Å². The first-order chi connectivity index (χ1) is 15.8. The van der Waals surface area contributed by atoms with Crippen molar-refractivity contribution < 1.29 is 13.2 Å². The van der Waals surface area contributed by atoms with Crippen molar-refractivity contribution in [3.8, 4) is 0 Å². The molecular formula is C24H30N4O3S2. The van der Waals surface area contributed by atoms with Crippen molar-refractivity contribution in [2.24, 2.45) is 0 Å². The van der Waals surface area contributed by atoms with Crippen LogP contribution in [0.5, 0.6) is 0 Å². The molecule has 1 N–H and O–H groups in total. The van der Waals surface area contributed by atoms with E-state index in [0.717, 1.165) is 40.2 Å². The number of rotatable bonds is 8. The smallest absolute Gasteiger partial charge is 0.243 e. The standard InChI is InChI=1S/C24H30N4O3S2/c1-4-28(5-2)33(30,31)18-13-12-17(3)20(15-18)25-23(29)16-27-14-8-10-21(27)24-26-19-9-6-7-11-22(19)32-24/h6-7,9,11-13,15,21H,4-5,8,10,14,16H2,1-3H3,(H,25,29)/t21-/m1/s1. The Kier molecular flexibility index (Phi) is 7.13. The van der Waals surface area contributed by atoms with Crippen molar-refractivity contribution in [3.05, 3.63) is 53.0 Å². The van der Waals surface area contributed by atoms with Gasteiger partial charge in [0, 0.05) is 18.8 Å². The molecular weight excluding hydrogens is 456 g/mol. The summed E-state index contributed by atoms with van der Waals surface area (Å²) in [6, 6.07) is 13.1. The zero-order valence-corrected chi connectivity index (χ0v) is 20.9. The third-order valence-corrected chi connectivity index (χ3v) is 9.32. The van der Waals surface area contributed by atoms with E-state index in [1.165, 1.54) is 4.31 Å². The molecule has 0 spiro atoms. The van der Waals surface area contributed by atoms with Gasteiger partial charge in [-0.05, 0) is 56.1 Å². The number of hydrogen-bond donors (Lipinski definition) is 1. The van der Waals surface area contributed by atoms with E-state index in [1.54, 1.807) is 29.5 Å². The number of anilines is 1. The van der Waals surface area contributed by atoms with Crippen LogP contribution >= 0.6 is 11.3 Å². The Morgan fingerprint density at radius 1 is 1.21 bits per heavy atom. The fraction of sp³-hybridized carbons (Fsp3) is 0.417. The van der Waals surface area contributed by atoms with Crippen molar-refractivity contribution in [2.75, 3.05) is 31.5 Å². The molecule has 1 atom stereocenters. The average molecular weight is 487 g/mol. The van der Waals surface area contributed by atoms with E-state index in [0.29, 0.717) is 18.8 Å². The van der Waals surface area contributed by atoms with E-state index in [9.17, 15) is 13.2 Å². The number of carbonyl (C=O) groups excluding carboxylic acids is 1. The van der Waals surface area contributed by atoms with Crippen LogP contribution in [0, 0.1) is 6.92 Å². The zero-order valence-electron chi connectivity index (χ0n) is 19.2. The number of sulfonamides is 1. The van der Waals surface area contributed by atoms with Gasteiger partial charge in [0.25, 0.3) is 0 Å². The predicted octanol–water partition coefficient (Wildman–Crippen LogP) is 4.41. The minimum atomic E-state index is -3.59. The van der Waals surface area contributed by atoms with E-state index < -0.39 is 10.0 Å². The molecule has 1 saturated heterocycles. The maximum atomic E-state index is 12.9. The van der Waals surface area contributed by atoms with Gasteiger partial charge in [-0.15, -0.1) is 11.3 Å². The number of nitrogens with zero attached hydrogens (tertiary/aromatic N) is 3. The van der Waals surface area contributed by atoms with Crippen molar-refractivity contribution in [1.82, 2.24) is 14.2 Å². The number of hydrogen-bond acceptors (Lipinski definition) is 6. The number of carbonyl (C=O) groups is 1. The van der Waals surface area contributed by atoms with E-state index in [4.69, 9.17) is 4.98 Å². The van der Waals surface area contributed by atoms with E-state index in [2.05, 4.69) is 16.3 Å². The summed E-state index contributed by atoms with van der Waals surface area (Å²) < 4.78 is 28.4. The molecule has 4 rings (SSSR count). The van der Waals surface area contributed by atoms with Gasteiger partial charge in [-0.25, -0.2) is 13.4 Å². The van der Waals surface area contributed by atoms with Crippen LogP contribution in [0.4, 0.5) is 5.69 Å². The fourth-order valence-corrected chi connectivity index (χ4v) is 6.93. The molecule has 2 aromatic carbocycles. The van der Waals surface area contributed by atoms with Gasteiger partial charge >= 0.3 is 0 Å². The molecule has 33 heavy (non-hydrogen) atoms. The molecule has 176 valence electrons. The van der Waals surface area contributed by atoms with E-state index in [1.807, 2.05) is 39.0 Å². The third kappa shape index (κ3) is 4.96. The van der Waals surface area contributed by atoms with Crippen LogP contribution < -0.4 is 5.32 Å². The van der Waals surface area contributed by atoms with E-state index >= 15 is 0 Å². The van der Waals surface area contributed by atoms with Crippen molar-refractivity contribution in [2.45, 2.75) is 44.6 Å².